The third-order valence-corrected chi connectivity index (χ3v) is 4.18. The van der Waals surface area contributed by atoms with Crippen LogP contribution >= 0.6 is 0 Å². The van der Waals surface area contributed by atoms with E-state index < -0.39 is 0 Å². The number of carbonyl (C=O) groups excluding carboxylic acids is 1. The van der Waals surface area contributed by atoms with Crippen LogP contribution in [0.15, 0.2) is 11.8 Å². The lowest BCUT2D eigenvalue weighted by Crippen LogP contribution is -2.48. The van der Waals surface area contributed by atoms with Gasteiger partial charge in [0.05, 0.1) is 6.54 Å². The molecule has 102 valence electrons. The van der Waals surface area contributed by atoms with Crippen LogP contribution in [0, 0.1) is 0 Å². The second-order valence-corrected chi connectivity index (χ2v) is 5.40. The summed E-state index contributed by atoms with van der Waals surface area (Å²) in [5, 5.41) is 0. The Morgan fingerprint density at radius 1 is 1.50 bits per heavy atom. The van der Waals surface area contributed by atoms with Gasteiger partial charge >= 0.3 is 0 Å². The monoisotopic (exact) mass is 251 g/mol. The molecule has 0 aromatic carbocycles. The maximum Gasteiger partial charge on any atom is 0.240 e. The Hall–Kier alpha value is -0.870. The first kappa shape index (κ1) is 13.6. The number of likely N-dealkylation sites (tertiary alicyclic amines) is 1. The fraction of sp³-hybridized carbons (Fsp3) is 0.786. The molecule has 4 nitrogen and oxygen atoms in total. The third-order valence-electron chi connectivity index (χ3n) is 4.18. The molecular weight excluding hydrogens is 226 g/mol. The van der Waals surface area contributed by atoms with Gasteiger partial charge in [-0.2, -0.15) is 0 Å². The molecule has 1 saturated heterocycles. The van der Waals surface area contributed by atoms with Gasteiger partial charge in [0.2, 0.25) is 5.91 Å². The van der Waals surface area contributed by atoms with E-state index in [1.165, 1.54) is 25.0 Å². The molecule has 1 unspecified atom stereocenters. The van der Waals surface area contributed by atoms with Gasteiger partial charge in [0.25, 0.3) is 0 Å². The van der Waals surface area contributed by atoms with Crippen LogP contribution in [-0.2, 0) is 4.79 Å². The normalized spacial score (nSPS) is 25.0. The van der Waals surface area contributed by atoms with E-state index in [0.29, 0.717) is 19.1 Å². The molecule has 2 aliphatic rings. The van der Waals surface area contributed by atoms with Gasteiger partial charge < -0.3 is 10.6 Å². The number of piperidine rings is 1. The van der Waals surface area contributed by atoms with E-state index in [0.717, 1.165) is 25.8 Å². The van der Waals surface area contributed by atoms with Crippen molar-refractivity contribution in [2.24, 2.45) is 5.73 Å². The molecule has 18 heavy (non-hydrogen) atoms. The lowest BCUT2D eigenvalue weighted by Gasteiger charge is -2.35. The zero-order chi connectivity index (χ0) is 13.0. The summed E-state index contributed by atoms with van der Waals surface area (Å²) in [6.07, 6.45) is 9.10. The largest absolute Gasteiger partial charge is 0.329 e. The average molecular weight is 251 g/mol. The number of nitrogens with two attached hydrogens (primary N) is 1. The van der Waals surface area contributed by atoms with E-state index in [1.54, 1.807) is 0 Å². The standard InChI is InChI=1S/C14H25N3O/c1-16(12-6-2-3-7-12)14(18)11-17-9-5-4-8-13(17)10-15/h6,13H,2-5,7-11,15H2,1H3. The molecule has 1 aliphatic carbocycles. The quantitative estimate of drug-likeness (QED) is 0.820. The highest BCUT2D eigenvalue weighted by molar-refractivity contribution is 5.79. The van der Waals surface area contributed by atoms with E-state index >= 15 is 0 Å². The average Bonchev–Trinajstić information content (AvgIpc) is 2.92. The zero-order valence-corrected chi connectivity index (χ0v) is 11.4. The number of carbonyl (C=O) groups is 1. The number of hydrogen-bond donors (Lipinski definition) is 1. The molecule has 2 N–H and O–H groups in total. The van der Waals surface area contributed by atoms with Crippen LogP contribution in [0.1, 0.15) is 38.5 Å². The van der Waals surface area contributed by atoms with E-state index in [9.17, 15) is 4.79 Å². The molecule has 0 aromatic heterocycles. The number of likely N-dealkylation sites (N-methyl/N-ethyl adjacent to an activating group) is 1. The van der Waals surface area contributed by atoms with Crippen molar-refractivity contribution in [3.63, 3.8) is 0 Å². The SMILES string of the molecule is CN(C(=O)CN1CCCCC1CN)C1=CCCC1. The van der Waals surface area contributed by atoms with E-state index in [1.807, 2.05) is 11.9 Å². The van der Waals surface area contributed by atoms with Gasteiger partial charge in [0, 0.05) is 25.3 Å². The molecule has 0 spiro atoms. The van der Waals surface area contributed by atoms with Crippen molar-refractivity contribution in [1.82, 2.24) is 9.80 Å². The highest BCUT2D eigenvalue weighted by atomic mass is 16.2. The molecule has 0 radical (unpaired) electrons. The van der Waals surface area contributed by atoms with E-state index in [2.05, 4.69) is 11.0 Å². The molecule has 1 amide bonds. The summed E-state index contributed by atoms with van der Waals surface area (Å²) in [7, 11) is 1.90. The molecule has 1 atom stereocenters. The molecule has 4 heteroatoms. The van der Waals surface area contributed by atoms with Gasteiger partial charge in [-0.25, -0.2) is 0 Å². The van der Waals surface area contributed by atoms with Crippen LogP contribution in [0.2, 0.25) is 0 Å². The van der Waals surface area contributed by atoms with Crippen LogP contribution in [-0.4, -0.2) is 48.4 Å². The first-order valence-electron chi connectivity index (χ1n) is 7.12. The summed E-state index contributed by atoms with van der Waals surface area (Å²) in [4.78, 5) is 16.4. The summed E-state index contributed by atoms with van der Waals surface area (Å²) < 4.78 is 0. The van der Waals surface area contributed by atoms with Gasteiger partial charge in [-0.3, -0.25) is 9.69 Å². The van der Waals surface area contributed by atoms with Gasteiger partial charge in [0.1, 0.15) is 0 Å². The van der Waals surface area contributed by atoms with Crippen molar-refractivity contribution in [2.45, 2.75) is 44.6 Å². The highest BCUT2D eigenvalue weighted by Gasteiger charge is 2.25. The minimum atomic E-state index is 0.212. The Morgan fingerprint density at radius 3 is 3.00 bits per heavy atom. The second kappa shape index (κ2) is 6.34. The van der Waals surface area contributed by atoms with E-state index in [-0.39, 0.29) is 5.91 Å². The zero-order valence-electron chi connectivity index (χ0n) is 11.4. The molecule has 2 rings (SSSR count). The van der Waals surface area contributed by atoms with Crippen molar-refractivity contribution in [3.05, 3.63) is 11.8 Å². The van der Waals surface area contributed by atoms with Crippen molar-refractivity contribution < 1.29 is 4.79 Å². The summed E-state index contributed by atoms with van der Waals surface area (Å²) in [5.41, 5.74) is 6.99. The lowest BCUT2D eigenvalue weighted by molar-refractivity contribution is -0.130. The summed E-state index contributed by atoms with van der Waals surface area (Å²) in [6.45, 7) is 2.20. The van der Waals surface area contributed by atoms with Crippen LogP contribution in [0.4, 0.5) is 0 Å². The molecule has 1 fully saturated rings. The Balaban J connectivity index is 1.89. The Bertz CT molecular complexity index is 327. The van der Waals surface area contributed by atoms with Crippen molar-refractivity contribution in [3.8, 4) is 0 Å². The first-order chi connectivity index (χ1) is 8.72. The second-order valence-electron chi connectivity index (χ2n) is 5.40. The summed E-state index contributed by atoms with van der Waals surface area (Å²) in [6, 6.07) is 0.397. The minimum Gasteiger partial charge on any atom is -0.329 e. The molecule has 0 saturated carbocycles. The number of nitrogens with zero attached hydrogens (tertiary/aromatic N) is 2. The molecule has 1 heterocycles. The molecule has 1 aliphatic heterocycles. The van der Waals surface area contributed by atoms with Crippen LogP contribution in [0.5, 0.6) is 0 Å². The molecule has 0 bridgehead atoms. The predicted octanol–water partition coefficient (Wildman–Crippen LogP) is 1.33. The maximum atomic E-state index is 12.3. The van der Waals surface area contributed by atoms with Gasteiger partial charge in [-0.1, -0.05) is 12.5 Å². The van der Waals surface area contributed by atoms with Gasteiger partial charge in [0.15, 0.2) is 0 Å². The van der Waals surface area contributed by atoms with E-state index in [4.69, 9.17) is 5.73 Å². The van der Waals surface area contributed by atoms with Crippen LogP contribution in [0.3, 0.4) is 0 Å². The fourth-order valence-corrected chi connectivity index (χ4v) is 2.93. The van der Waals surface area contributed by atoms with Gasteiger partial charge in [-0.15, -0.1) is 0 Å². The van der Waals surface area contributed by atoms with Crippen molar-refractivity contribution in [2.75, 3.05) is 26.7 Å². The smallest absolute Gasteiger partial charge is 0.240 e. The number of allylic oxidation sites excluding steroid dienone is 2. The molecular formula is C14H25N3O. The maximum absolute atomic E-state index is 12.3. The minimum absolute atomic E-state index is 0.212. The lowest BCUT2D eigenvalue weighted by atomic mass is 10.0. The van der Waals surface area contributed by atoms with Gasteiger partial charge in [-0.05, 0) is 38.6 Å². The summed E-state index contributed by atoms with van der Waals surface area (Å²) >= 11 is 0. The number of amides is 1. The molecule has 0 aromatic rings. The number of hydrogen-bond acceptors (Lipinski definition) is 3. The van der Waals surface area contributed by atoms with Crippen LogP contribution < -0.4 is 5.73 Å². The highest BCUT2D eigenvalue weighted by Crippen LogP contribution is 2.21. The Labute approximate surface area is 110 Å². The first-order valence-corrected chi connectivity index (χ1v) is 7.12. The fourth-order valence-electron chi connectivity index (χ4n) is 2.93. The third kappa shape index (κ3) is 3.12. The topological polar surface area (TPSA) is 49.6 Å². The Kier molecular flexibility index (Phi) is 4.78. The Morgan fingerprint density at radius 2 is 2.33 bits per heavy atom. The van der Waals surface area contributed by atoms with Crippen molar-refractivity contribution >= 4 is 5.91 Å². The summed E-state index contributed by atoms with van der Waals surface area (Å²) in [5.74, 6) is 0.212. The number of rotatable bonds is 4. The predicted molar refractivity (Wildman–Crippen MR) is 73.0 cm³/mol. The van der Waals surface area contributed by atoms with Crippen LogP contribution in [0.25, 0.3) is 0 Å². The van der Waals surface area contributed by atoms with Crippen molar-refractivity contribution in [1.29, 1.82) is 0 Å².